The number of rotatable bonds is 1. The van der Waals surface area contributed by atoms with E-state index in [0.717, 1.165) is 6.42 Å². The van der Waals surface area contributed by atoms with Gasteiger partial charge in [0, 0.05) is 0 Å². The summed E-state index contributed by atoms with van der Waals surface area (Å²) in [5.41, 5.74) is 0. The van der Waals surface area contributed by atoms with Crippen LogP contribution in [0.25, 0.3) is 0 Å². The molecule has 2 saturated heterocycles. The third-order valence-electron chi connectivity index (χ3n) is 2.40. The maximum atomic E-state index is 11.3. The molecule has 0 spiro atoms. The molecule has 3 atom stereocenters. The van der Waals surface area contributed by atoms with Gasteiger partial charge in [-0.05, 0) is 20.3 Å². The minimum absolute atomic E-state index is 0.140. The first-order valence-electron chi connectivity index (χ1n) is 4.59. The number of hydrogen-bond donors (Lipinski definition) is 0. The molecule has 74 valence electrons. The molecule has 0 amide bonds. The Morgan fingerprint density at radius 2 is 2.08 bits per heavy atom. The van der Waals surface area contributed by atoms with Gasteiger partial charge in [-0.3, -0.25) is 0 Å². The van der Waals surface area contributed by atoms with Crippen molar-refractivity contribution in [1.29, 1.82) is 0 Å². The number of fused-ring (bicyclic) bond motifs is 1. The highest BCUT2D eigenvalue weighted by atomic mass is 16.8. The van der Waals surface area contributed by atoms with Gasteiger partial charge in [0.2, 0.25) is 0 Å². The molecule has 0 aliphatic carbocycles. The Kier molecular flexibility index (Phi) is 1.85. The van der Waals surface area contributed by atoms with Gasteiger partial charge in [-0.15, -0.1) is 0 Å². The number of ether oxygens (including phenoxy) is 3. The van der Waals surface area contributed by atoms with Crippen LogP contribution in [0.5, 0.6) is 0 Å². The van der Waals surface area contributed by atoms with E-state index in [1.807, 2.05) is 20.8 Å². The molecule has 0 bridgehead atoms. The molecule has 4 nitrogen and oxygen atoms in total. The Labute approximate surface area is 77.1 Å². The van der Waals surface area contributed by atoms with Crippen LogP contribution in [0.15, 0.2) is 0 Å². The summed E-state index contributed by atoms with van der Waals surface area (Å²) in [5.74, 6) is -0.940. The minimum atomic E-state index is -0.651. The Balaban J connectivity index is 2.17. The molecule has 0 saturated carbocycles. The van der Waals surface area contributed by atoms with Gasteiger partial charge in [0.05, 0.1) is 0 Å². The highest BCUT2D eigenvalue weighted by Crippen LogP contribution is 2.36. The molecule has 0 aromatic heterocycles. The first-order chi connectivity index (χ1) is 6.03. The van der Waals surface area contributed by atoms with Gasteiger partial charge in [0.25, 0.3) is 0 Å². The third-order valence-corrected chi connectivity index (χ3v) is 2.40. The van der Waals surface area contributed by atoms with Gasteiger partial charge in [-0.2, -0.15) is 0 Å². The van der Waals surface area contributed by atoms with Crippen LogP contribution in [-0.2, 0) is 19.0 Å². The minimum Gasteiger partial charge on any atom is -0.457 e. The third kappa shape index (κ3) is 1.34. The van der Waals surface area contributed by atoms with Crippen molar-refractivity contribution in [2.75, 3.05) is 0 Å². The summed E-state index contributed by atoms with van der Waals surface area (Å²) in [6, 6.07) is 0. The normalized spacial score (nSPS) is 41.8. The predicted octanol–water partition coefficient (Wildman–Crippen LogP) is 0.842. The van der Waals surface area contributed by atoms with Gasteiger partial charge < -0.3 is 14.2 Å². The number of carbonyl (C=O) groups excluding carboxylic acids is 1. The summed E-state index contributed by atoms with van der Waals surface area (Å²) in [4.78, 5) is 11.3. The zero-order chi connectivity index (χ0) is 9.64. The van der Waals surface area contributed by atoms with E-state index in [9.17, 15) is 4.79 Å². The summed E-state index contributed by atoms with van der Waals surface area (Å²) in [6.45, 7) is 5.59. The number of esters is 1. The summed E-state index contributed by atoms with van der Waals surface area (Å²) in [5, 5.41) is 0. The molecule has 0 N–H and O–H groups in total. The molecule has 2 fully saturated rings. The van der Waals surface area contributed by atoms with Crippen LogP contribution in [0, 0.1) is 0 Å². The van der Waals surface area contributed by atoms with E-state index in [1.165, 1.54) is 0 Å². The van der Waals surface area contributed by atoms with Crippen LogP contribution >= 0.6 is 0 Å². The maximum absolute atomic E-state index is 11.3. The fraction of sp³-hybridized carbons (Fsp3) is 0.889. The van der Waals surface area contributed by atoms with Gasteiger partial charge in [-0.25, -0.2) is 4.79 Å². The first-order valence-corrected chi connectivity index (χ1v) is 4.59. The van der Waals surface area contributed by atoms with Gasteiger partial charge in [-0.1, -0.05) is 6.92 Å². The van der Waals surface area contributed by atoms with E-state index >= 15 is 0 Å². The second kappa shape index (κ2) is 2.69. The predicted molar refractivity (Wildman–Crippen MR) is 44.0 cm³/mol. The highest BCUT2D eigenvalue weighted by molar-refractivity contribution is 5.78. The quantitative estimate of drug-likeness (QED) is 0.569. The lowest BCUT2D eigenvalue weighted by Gasteiger charge is -2.20. The molecule has 0 radical (unpaired) electrons. The lowest BCUT2D eigenvalue weighted by Crippen LogP contribution is -2.28. The van der Waals surface area contributed by atoms with Crippen LogP contribution in [0.2, 0.25) is 0 Å². The number of carbonyl (C=O) groups is 1. The zero-order valence-electron chi connectivity index (χ0n) is 8.07. The summed E-state index contributed by atoms with van der Waals surface area (Å²) < 4.78 is 16.1. The molecule has 2 rings (SSSR count). The average molecular weight is 186 g/mol. The highest BCUT2D eigenvalue weighted by Gasteiger charge is 2.55. The second-order valence-electron chi connectivity index (χ2n) is 3.90. The lowest BCUT2D eigenvalue weighted by molar-refractivity contribution is -0.186. The van der Waals surface area contributed by atoms with E-state index in [1.54, 1.807) is 0 Å². The lowest BCUT2D eigenvalue weighted by atomic mass is 10.1. The summed E-state index contributed by atoms with van der Waals surface area (Å²) in [7, 11) is 0. The van der Waals surface area contributed by atoms with Crippen molar-refractivity contribution in [1.82, 2.24) is 0 Å². The van der Waals surface area contributed by atoms with Crippen molar-refractivity contribution in [2.24, 2.45) is 0 Å². The Hall–Kier alpha value is -0.610. The van der Waals surface area contributed by atoms with Crippen molar-refractivity contribution in [3.63, 3.8) is 0 Å². The standard InChI is InChI=1S/C9H14O4/c1-4-5-6-7(8(10)11-5)13-9(2,3)12-6/h5-7H,4H2,1-3H3/t5-,6?,7?/m1/s1. The van der Waals surface area contributed by atoms with Crippen LogP contribution in [0.4, 0.5) is 0 Å². The van der Waals surface area contributed by atoms with Crippen LogP contribution in [0.1, 0.15) is 27.2 Å². The largest absolute Gasteiger partial charge is 0.457 e. The molecule has 0 aromatic carbocycles. The van der Waals surface area contributed by atoms with Crippen molar-refractivity contribution in [2.45, 2.75) is 51.3 Å². The second-order valence-corrected chi connectivity index (χ2v) is 3.90. The van der Waals surface area contributed by atoms with Crippen LogP contribution in [0.3, 0.4) is 0 Å². The van der Waals surface area contributed by atoms with E-state index in [0.29, 0.717) is 0 Å². The van der Waals surface area contributed by atoms with Crippen molar-refractivity contribution in [3.05, 3.63) is 0 Å². The molecule has 2 aliphatic heterocycles. The smallest absolute Gasteiger partial charge is 0.338 e. The first kappa shape index (κ1) is 8.97. The molecular weight excluding hydrogens is 172 g/mol. The topological polar surface area (TPSA) is 44.8 Å². The molecule has 2 heterocycles. The van der Waals surface area contributed by atoms with Crippen LogP contribution < -0.4 is 0 Å². The molecule has 4 heteroatoms. The number of hydrogen-bond acceptors (Lipinski definition) is 4. The molecule has 0 aromatic rings. The van der Waals surface area contributed by atoms with Gasteiger partial charge in [0.15, 0.2) is 11.9 Å². The van der Waals surface area contributed by atoms with Crippen molar-refractivity contribution in [3.8, 4) is 0 Å². The van der Waals surface area contributed by atoms with Crippen molar-refractivity contribution < 1.29 is 19.0 Å². The zero-order valence-corrected chi connectivity index (χ0v) is 8.07. The number of cyclic esters (lactones) is 1. The average Bonchev–Trinajstić information content (AvgIpc) is 2.47. The fourth-order valence-corrected chi connectivity index (χ4v) is 1.84. The molecule has 2 aliphatic rings. The van der Waals surface area contributed by atoms with E-state index in [4.69, 9.17) is 14.2 Å². The Bertz CT molecular complexity index is 236. The van der Waals surface area contributed by atoms with Crippen molar-refractivity contribution >= 4 is 5.97 Å². The Morgan fingerprint density at radius 1 is 1.38 bits per heavy atom. The van der Waals surface area contributed by atoms with E-state index in [-0.39, 0.29) is 18.2 Å². The summed E-state index contributed by atoms with van der Waals surface area (Å²) >= 11 is 0. The maximum Gasteiger partial charge on any atom is 0.338 e. The fourth-order valence-electron chi connectivity index (χ4n) is 1.84. The Morgan fingerprint density at radius 3 is 2.69 bits per heavy atom. The summed E-state index contributed by atoms with van der Waals surface area (Å²) in [6.07, 6.45) is -0.0986. The molecular formula is C9H14O4. The molecule has 13 heavy (non-hydrogen) atoms. The van der Waals surface area contributed by atoms with E-state index < -0.39 is 11.9 Å². The van der Waals surface area contributed by atoms with E-state index in [2.05, 4.69) is 0 Å². The van der Waals surface area contributed by atoms with Gasteiger partial charge in [0.1, 0.15) is 12.2 Å². The molecule has 2 unspecified atom stereocenters. The SMILES string of the molecule is CC[C@H]1OC(=O)C2OC(C)(C)OC21. The monoisotopic (exact) mass is 186 g/mol. The van der Waals surface area contributed by atoms with Gasteiger partial charge >= 0.3 is 5.97 Å². The van der Waals surface area contributed by atoms with Crippen LogP contribution in [-0.4, -0.2) is 30.1 Å².